The molecule has 21 heavy (non-hydrogen) atoms. The average molecular weight is 308 g/mol. The van der Waals surface area contributed by atoms with Gasteiger partial charge in [-0.2, -0.15) is 0 Å². The van der Waals surface area contributed by atoms with Gasteiger partial charge in [0.2, 0.25) is 0 Å². The summed E-state index contributed by atoms with van der Waals surface area (Å²) in [5.41, 5.74) is 2.12. The van der Waals surface area contributed by atoms with E-state index in [9.17, 15) is 8.78 Å². The number of pyridine rings is 1. The minimum atomic E-state index is -0.602. The lowest BCUT2D eigenvalue weighted by Crippen LogP contribution is -2.31. The molecule has 1 aliphatic heterocycles. The van der Waals surface area contributed by atoms with Gasteiger partial charge in [-0.25, -0.2) is 18.7 Å². The largest absolute Gasteiger partial charge is 0.294 e. The molecule has 0 saturated heterocycles. The van der Waals surface area contributed by atoms with Crippen LogP contribution in [0.4, 0.5) is 8.78 Å². The minimum absolute atomic E-state index is 0.0649. The number of aromatic nitrogens is 3. The molecule has 0 radical (unpaired) electrons. The molecule has 0 N–H and O–H groups in total. The summed E-state index contributed by atoms with van der Waals surface area (Å²) in [6.45, 7) is 1.55. The monoisotopic (exact) mass is 308 g/mol. The molecular formula is C14H14F2N4S. The van der Waals surface area contributed by atoms with E-state index in [1.807, 2.05) is 11.2 Å². The van der Waals surface area contributed by atoms with Crippen molar-refractivity contribution in [3.8, 4) is 0 Å². The fourth-order valence-electron chi connectivity index (χ4n) is 2.40. The smallest absolute Gasteiger partial charge is 0.187 e. The van der Waals surface area contributed by atoms with Crippen molar-refractivity contribution in [3.63, 3.8) is 0 Å². The van der Waals surface area contributed by atoms with Crippen LogP contribution in [-0.2, 0) is 19.5 Å². The zero-order valence-electron chi connectivity index (χ0n) is 11.5. The van der Waals surface area contributed by atoms with Gasteiger partial charge in [-0.3, -0.25) is 9.88 Å². The molecule has 0 saturated carbocycles. The van der Waals surface area contributed by atoms with Gasteiger partial charge in [-0.05, 0) is 6.26 Å². The standard InChI is InChI=1S/C14H14F2N4S/c1-21-14-18-4-9-7-20(3-2-13(9)19-14)8-10-11(15)5-17-6-12(10)16/h4-6H,2-3,7-8H2,1H3. The zero-order valence-corrected chi connectivity index (χ0v) is 12.3. The van der Waals surface area contributed by atoms with Gasteiger partial charge in [0, 0.05) is 43.4 Å². The second kappa shape index (κ2) is 6.03. The van der Waals surface area contributed by atoms with Crippen molar-refractivity contribution in [1.29, 1.82) is 0 Å². The third-order valence-electron chi connectivity index (χ3n) is 3.51. The normalized spacial score (nSPS) is 15.0. The lowest BCUT2D eigenvalue weighted by atomic mass is 10.1. The quantitative estimate of drug-likeness (QED) is 0.643. The second-order valence-electron chi connectivity index (χ2n) is 4.87. The molecule has 7 heteroatoms. The molecule has 110 valence electrons. The number of thioether (sulfide) groups is 1. The van der Waals surface area contributed by atoms with E-state index in [-0.39, 0.29) is 12.1 Å². The lowest BCUT2D eigenvalue weighted by molar-refractivity contribution is 0.235. The molecule has 0 spiro atoms. The Balaban J connectivity index is 1.77. The van der Waals surface area contributed by atoms with E-state index in [1.54, 1.807) is 6.20 Å². The van der Waals surface area contributed by atoms with E-state index >= 15 is 0 Å². The van der Waals surface area contributed by atoms with E-state index in [2.05, 4.69) is 15.0 Å². The van der Waals surface area contributed by atoms with Crippen molar-refractivity contribution in [3.05, 3.63) is 47.0 Å². The first-order valence-electron chi connectivity index (χ1n) is 6.56. The summed E-state index contributed by atoms with van der Waals surface area (Å²) in [6.07, 6.45) is 6.60. The minimum Gasteiger partial charge on any atom is -0.294 e. The van der Waals surface area contributed by atoms with E-state index in [4.69, 9.17) is 0 Å². The van der Waals surface area contributed by atoms with E-state index < -0.39 is 11.6 Å². The Morgan fingerprint density at radius 2 is 2.00 bits per heavy atom. The molecule has 1 aliphatic rings. The Bertz CT molecular complexity index is 645. The van der Waals surface area contributed by atoms with Crippen molar-refractivity contribution < 1.29 is 8.78 Å². The maximum absolute atomic E-state index is 13.6. The van der Waals surface area contributed by atoms with Gasteiger partial charge >= 0.3 is 0 Å². The summed E-state index contributed by atoms with van der Waals surface area (Å²) in [6, 6.07) is 0. The average Bonchev–Trinajstić information content (AvgIpc) is 2.50. The molecule has 0 fully saturated rings. The number of hydrogen-bond donors (Lipinski definition) is 0. The van der Waals surface area contributed by atoms with Crippen molar-refractivity contribution in [1.82, 2.24) is 19.9 Å². The van der Waals surface area contributed by atoms with Gasteiger partial charge in [0.05, 0.1) is 18.1 Å². The van der Waals surface area contributed by atoms with Crippen LogP contribution >= 0.6 is 11.8 Å². The topological polar surface area (TPSA) is 41.9 Å². The first kappa shape index (κ1) is 14.3. The summed E-state index contributed by atoms with van der Waals surface area (Å²) >= 11 is 1.51. The van der Waals surface area contributed by atoms with Crippen LogP contribution in [0.3, 0.4) is 0 Å². The number of hydrogen-bond acceptors (Lipinski definition) is 5. The molecule has 2 aromatic heterocycles. The van der Waals surface area contributed by atoms with Crippen LogP contribution in [0, 0.1) is 11.6 Å². The van der Waals surface area contributed by atoms with Gasteiger partial charge in [0.1, 0.15) is 11.6 Å². The van der Waals surface area contributed by atoms with Crippen molar-refractivity contribution in [2.24, 2.45) is 0 Å². The molecule has 2 aromatic rings. The molecule has 0 amide bonds. The zero-order chi connectivity index (χ0) is 14.8. The molecule has 0 aromatic carbocycles. The Morgan fingerprint density at radius 3 is 2.71 bits per heavy atom. The first-order valence-corrected chi connectivity index (χ1v) is 7.79. The number of halogens is 2. The Morgan fingerprint density at radius 1 is 1.24 bits per heavy atom. The predicted octanol–water partition coefficient (Wildman–Crippen LogP) is 2.43. The molecule has 0 unspecified atom stereocenters. The summed E-state index contributed by atoms with van der Waals surface area (Å²) in [4.78, 5) is 14.2. The molecule has 4 nitrogen and oxygen atoms in total. The van der Waals surface area contributed by atoms with E-state index in [0.29, 0.717) is 6.54 Å². The number of rotatable bonds is 3. The van der Waals surface area contributed by atoms with Crippen LogP contribution in [0.2, 0.25) is 0 Å². The van der Waals surface area contributed by atoms with Crippen molar-refractivity contribution in [2.45, 2.75) is 24.7 Å². The Hall–Kier alpha value is -1.60. The fourth-order valence-corrected chi connectivity index (χ4v) is 2.76. The number of fused-ring (bicyclic) bond motifs is 1. The van der Waals surface area contributed by atoms with Crippen molar-refractivity contribution >= 4 is 11.8 Å². The van der Waals surface area contributed by atoms with Gasteiger partial charge in [-0.15, -0.1) is 0 Å². The summed E-state index contributed by atoms with van der Waals surface area (Å²) in [5, 5.41) is 0.758. The molecule has 0 atom stereocenters. The Kier molecular flexibility index (Phi) is 4.12. The highest BCUT2D eigenvalue weighted by Crippen LogP contribution is 2.22. The van der Waals surface area contributed by atoms with Gasteiger partial charge < -0.3 is 0 Å². The molecular weight excluding hydrogens is 294 g/mol. The van der Waals surface area contributed by atoms with Crippen LogP contribution in [0.1, 0.15) is 16.8 Å². The second-order valence-corrected chi connectivity index (χ2v) is 5.64. The van der Waals surface area contributed by atoms with Crippen molar-refractivity contribution in [2.75, 3.05) is 12.8 Å². The number of nitrogens with zero attached hydrogens (tertiary/aromatic N) is 4. The third-order valence-corrected chi connectivity index (χ3v) is 4.07. The van der Waals surface area contributed by atoms with Gasteiger partial charge in [-0.1, -0.05) is 11.8 Å². The summed E-state index contributed by atoms with van der Waals surface area (Å²) in [7, 11) is 0. The highest BCUT2D eigenvalue weighted by Gasteiger charge is 2.21. The maximum Gasteiger partial charge on any atom is 0.187 e. The van der Waals surface area contributed by atoms with Crippen LogP contribution in [0.15, 0.2) is 23.7 Å². The van der Waals surface area contributed by atoms with Crippen LogP contribution < -0.4 is 0 Å². The summed E-state index contributed by atoms with van der Waals surface area (Å²) in [5.74, 6) is -1.20. The van der Waals surface area contributed by atoms with Crippen LogP contribution in [0.25, 0.3) is 0 Å². The molecule has 0 aliphatic carbocycles. The molecule has 3 rings (SSSR count). The van der Waals surface area contributed by atoms with Gasteiger partial charge in [0.15, 0.2) is 5.16 Å². The maximum atomic E-state index is 13.6. The van der Waals surface area contributed by atoms with Gasteiger partial charge in [0.25, 0.3) is 0 Å². The lowest BCUT2D eigenvalue weighted by Gasteiger charge is -2.28. The SMILES string of the molecule is CSc1ncc2c(n1)CCN(Cc1c(F)cncc1F)C2. The molecule has 3 heterocycles. The summed E-state index contributed by atoms with van der Waals surface area (Å²) < 4.78 is 27.3. The van der Waals surface area contributed by atoms with Crippen LogP contribution in [0.5, 0.6) is 0 Å². The predicted molar refractivity (Wildman–Crippen MR) is 75.8 cm³/mol. The molecule has 0 bridgehead atoms. The fraction of sp³-hybridized carbons (Fsp3) is 0.357. The van der Waals surface area contributed by atoms with Crippen LogP contribution in [-0.4, -0.2) is 32.7 Å². The highest BCUT2D eigenvalue weighted by molar-refractivity contribution is 7.98. The third kappa shape index (κ3) is 3.03. The highest BCUT2D eigenvalue weighted by atomic mass is 32.2. The van der Waals surface area contributed by atoms with E-state index in [1.165, 1.54) is 11.8 Å². The Labute approximate surface area is 125 Å². The first-order chi connectivity index (χ1) is 10.2. The van der Waals surface area contributed by atoms with E-state index in [0.717, 1.165) is 41.8 Å².